The molecule has 3 heterocycles. The Kier molecular flexibility index (Phi) is 5.08. The van der Waals surface area contributed by atoms with E-state index in [0.29, 0.717) is 18.6 Å². The summed E-state index contributed by atoms with van der Waals surface area (Å²) in [6.07, 6.45) is 5.79. The number of thiazole rings is 1. The number of nitrogens with zero attached hydrogens (tertiary/aromatic N) is 2. The van der Waals surface area contributed by atoms with Gasteiger partial charge < -0.3 is 15.0 Å². The minimum atomic E-state index is 0.0658. The zero-order valence-corrected chi connectivity index (χ0v) is 13.1. The van der Waals surface area contributed by atoms with E-state index in [2.05, 4.69) is 10.3 Å². The van der Waals surface area contributed by atoms with E-state index in [1.807, 2.05) is 15.8 Å². The predicted octanol–water partition coefficient (Wildman–Crippen LogP) is 2.29. The number of amides is 2. The highest BCUT2D eigenvalue weighted by molar-refractivity contribution is 7.07. The summed E-state index contributed by atoms with van der Waals surface area (Å²) in [5.74, 6) is 0.645. The Labute approximate surface area is 129 Å². The second-order valence-electron chi connectivity index (χ2n) is 5.84. The van der Waals surface area contributed by atoms with Crippen LogP contribution in [0.3, 0.4) is 0 Å². The third kappa shape index (κ3) is 3.95. The number of carbonyl (C=O) groups excluding carboxylic acids is 1. The van der Waals surface area contributed by atoms with Gasteiger partial charge in [0.15, 0.2) is 0 Å². The Balaban J connectivity index is 1.36. The molecule has 0 saturated carbocycles. The van der Waals surface area contributed by atoms with E-state index in [1.165, 1.54) is 12.8 Å². The van der Waals surface area contributed by atoms with Gasteiger partial charge in [-0.05, 0) is 31.6 Å². The maximum Gasteiger partial charge on any atom is 0.317 e. The van der Waals surface area contributed by atoms with Gasteiger partial charge in [0.25, 0.3) is 0 Å². The van der Waals surface area contributed by atoms with Crippen molar-refractivity contribution >= 4 is 17.4 Å². The largest absolute Gasteiger partial charge is 0.378 e. The van der Waals surface area contributed by atoms with Gasteiger partial charge in [0.2, 0.25) is 0 Å². The number of piperidine rings is 1. The van der Waals surface area contributed by atoms with Gasteiger partial charge in [-0.25, -0.2) is 9.78 Å². The molecule has 0 aliphatic carbocycles. The molecular formula is C15H23N3O2S. The number of ether oxygens (including phenoxy) is 1. The minimum absolute atomic E-state index is 0.0658. The summed E-state index contributed by atoms with van der Waals surface area (Å²) < 4.78 is 5.77. The van der Waals surface area contributed by atoms with Crippen LogP contribution in [0.25, 0.3) is 0 Å². The first-order valence-electron chi connectivity index (χ1n) is 7.84. The van der Waals surface area contributed by atoms with Crippen LogP contribution in [0.2, 0.25) is 0 Å². The molecule has 2 aliphatic heterocycles. The van der Waals surface area contributed by atoms with E-state index in [0.717, 1.165) is 44.7 Å². The Bertz CT molecular complexity index is 438. The SMILES string of the molecule is O=C(NCCc1cscn1)N1CCC([C@H]2CCCO2)CC1. The van der Waals surface area contributed by atoms with Crippen LogP contribution in [0.4, 0.5) is 4.79 Å². The molecule has 1 N–H and O–H groups in total. The molecule has 6 heteroatoms. The first-order chi connectivity index (χ1) is 10.3. The molecule has 1 aromatic heterocycles. The van der Waals surface area contributed by atoms with Gasteiger partial charge in [-0.3, -0.25) is 0 Å². The Morgan fingerprint density at radius 2 is 2.29 bits per heavy atom. The number of urea groups is 1. The van der Waals surface area contributed by atoms with E-state index in [1.54, 1.807) is 11.3 Å². The first kappa shape index (κ1) is 14.8. The van der Waals surface area contributed by atoms with Crippen molar-refractivity contribution in [2.45, 2.75) is 38.2 Å². The van der Waals surface area contributed by atoms with Crippen LogP contribution in [0, 0.1) is 5.92 Å². The summed E-state index contributed by atoms with van der Waals surface area (Å²) in [4.78, 5) is 18.3. The number of nitrogens with one attached hydrogen (secondary N) is 1. The Morgan fingerprint density at radius 1 is 1.43 bits per heavy atom. The van der Waals surface area contributed by atoms with Gasteiger partial charge in [-0.1, -0.05) is 0 Å². The van der Waals surface area contributed by atoms with Crippen molar-refractivity contribution < 1.29 is 9.53 Å². The smallest absolute Gasteiger partial charge is 0.317 e. The lowest BCUT2D eigenvalue weighted by Gasteiger charge is -2.34. The molecule has 0 spiro atoms. The van der Waals surface area contributed by atoms with Crippen molar-refractivity contribution in [2.75, 3.05) is 26.2 Å². The molecule has 0 radical (unpaired) electrons. The average molecular weight is 309 g/mol. The zero-order valence-electron chi connectivity index (χ0n) is 12.3. The Hall–Kier alpha value is -1.14. The molecule has 2 fully saturated rings. The van der Waals surface area contributed by atoms with Gasteiger partial charge in [-0.2, -0.15) is 0 Å². The molecular weight excluding hydrogens is 286 g/mol. The van der Waals surface area contributed by atoms with E-state index in [4.69, 9.17) is 4.74 Å². The average Bonchev–Trinajstić information content (AvgIpc) is 3.21. The van der Waals surface area contributed by atoms with Gasteiger partial charge in [-0.15, -0.1) is 11.3 Å². The summed E-state index contributed by atoms with van der Waals surface area (Å²) in [7, 11) is 0. The van der Waals surface area contributed by atoms with E-state index in [-0.39, 0.29) is 6.03 Å². The summed E-state index contributed by atoms with van der Waals surface area (Å²) in [5, 5.41) is 5.02. The van der Waals surface area contributed by atoms with E-state index in [9.17, 15) is 4.79 Å². The summed E-state index contributed by atoms with van der Waals surface area (Å²) in [5.41, 5.74) is 2.88. The fourth-order valence-corrected chi connectivity index (χ4v) is 3.81. The molecule has 116 valence electrons. The van der Waals surface area contributed by atoms with Gasteiger partial charge in [0.05, 0.1) is 17.3 Å². The van der Waals surface area contributed by atoms with Crippen molar-refractivity contribution in [1.29, 1.82) is 0 Å². The first-order valence-corrected chi connectivity index (χ1v) is 8.78. The van der Waals surface area contributed by atoms with Crippen LogP contribution in [0.1, 0.15) is 31.4 Å². The summed E-state index contributed by atoms with van der Waals surface area (Å²) in [6.45, 7) is 3.29. The highest BCUT2D eigenvalue weighted by Gasteiger charge is 2.30. The van der Waals surface area contributed by atoms with Crippen LogP contribution in [-0.2, 0) is 11.2 Å². The highest BCUT2D eigenvalue weighted by Crippen LogP contribution is 2.28. The molecule has 2 aliphatic rings. The van der Waals surface area contributed by atoms with Gasteiger partial charge in [0.1, 0.15) is 0 Å². The summed E-state index contributed by atoms with van der Waals surface area (Å²) >= 11 is 1.59. The topological polar surface area (TPSA) is 54.5 Å². The fraction of sp³-hybridized carbons (Fsp3) is 0.733. The molecule has 3 rings (SSSR count). The molecule has 0 bridgehead atoms. The molecule has 0 aromatic carbocycles. The number of aromatic nitrogens is 1. The molecule has 2 amide bonds. The van der Waals surface area contributed by atoms with Gasteiger partial charge in [0, 0.05) is 38.0 Å². The third-order valence-electron chi connectivity index (χ3n) is 4.46. The number of carbonyl (C=O) groups is 1. The molecule has 5 nitrogen and oxygen atoms in total. The third-order valence-corrected chi connectivity index (χ3v) is 5.09. The van der Waals surface area contributed by atoms with Crippen LogP contribution in [-0.4, -0.2) is 48.3 Å². The van der Waals surface area contributed by atoms with Crippen molar-refractivity contribution in [3.63, 3.8) is 0 Å². The maximum atomic E-state index is 12.1. The second-order valence-corrected chi connectivity index (χ2v) is 6.56. The number of likely N-dealkylation sites (tertiary alicyclic amines) is 1. The monoisotopic (exact) mass is 309 g/mol. The maximum absolute atomic E-state index is 12.1. The minimum Gasteiger partial charge on any atom is -0.378 e. The van der Waals surface area contributed by atoms with E-state index < -0.39 is 0 Å². The standard InChI is InChI=1S/C15H23N3O2S/c19-15(16-6-3-13-10-21-11-17-13)18-7-4-12(5-8-18)14-2-1-9-20-14/h10-12,14H,1-9H2,(H,16,19)/t14-/m1/s1. The fourth-order valence-electron chi connectivity index (χ4n) is 3.22. The lowest BCUT2D eigenvalue weighted by atomic mass is 9.90. The molecule has 2 saturated heterocycles. The molecule has 1 aromatic rings. The van der Waals surface area contributed by atoms with Crippen LogP contribution in [0.5, 0.6) is 0 Å². The number of rotatable bonds is 4. The van der Waals surface area contributed by atoms with Crippen molar-refractivity contribution in [3.05, 3.63) is 16.6 Å². The quantitative estimate of drug-likeness (QED) is 0.928. The van der Waals surface area contributed by atoms with Crippen LogP contribution in [0.15, 0.2) is 10.9 Å². The normalized spacial score (nSPS) is 23.4. The van der Waals surface area contributed by atoms with Crippen molar-refractivity contribution in [3.8, 4) is 0 Å². The van der Waals surface area contributed by atoms with Crippen molar-refractivity contribution in [1.82, 2.24) is 15.2 Å². The van der Waals surface area contributed by atoms with Crippen LogP contribution >= 0.6 is 11.3 Å². The van der Waals surface area contributed by atoms with Gasteiger partial charge >= 0.3 is 6.03 Å². The zero-order chi connectivity index (χ0) is 14.5. The lowest BCUT2D eigenvalue weighted by molar-refractivity contribution is 0.0372. The predicted molar refractivity (Wildman–Crippen MR) is 82.5 cm³/mol. The van der Waals surface area contributed by atoms with Crippen LogP contribution < -0.4 is 5.32 Å². The molecule has 21 heavy (non-hydrogen) atoms. The number of hydrogen-bond acceptors (Lipinski definition) is 4. The summed E-state index contributed by atoms with van der Waals surface area (Å²) in [6, 6.07) is 0.0658. The number of hydrogen-bond donors (Lipinski definition) is 1. The molecule has 0 unspecified atom stereocenters. The lowest BCUT2D eigenvalue weighted by Crippen LogP contribution is -2.46. The second kappa shape index (κ2) is 7.22. The van der Waals surface area contributed by atoms with E-state index >= 15 is 0 Å². The Morgan fingerprint density at radius 3 is 2.95 bits per heavy atom. The molecule has 1 atom stereocenters. The highest BCUT2D eigenvalue weighted by atomic mass is 32.1. The van der Waals surface area contributed by atoms with Crippen molar-refractivity contribution in [2.24, 2.45) is 5.92 Å².